The van der Waals surface area contributed by atoms with Crippen LogP contribution >= 0.6 is 24.0 Å². The summed E-state index contributed by atoms with van der Waals surface area (Å²) in [7, 11) is 0. The van der Waals surface area contributed by atoms with E-state index in [9.17, 15) is 4.79 Å². The molecule has 0 bridgehead atoms. The van der Waals surface area contributed by atoms with Crippen LogP contribution in [0.5, 0.6) is 0 Å². The smallest absolute Gasteiger partial charge is 0.227 e. The van der Waals surface area contributed by atoms with Crippen molar-refractivity contribution in [1.82, 2.24) is 10.2 Å². The average Bonchev–Trinajstić information content (AvgIpc) is 3.11. The van der Waals surface area contributed by atoms with E-state index in [-0.39, 0.29) is 29.9 Å². The van der Waals surface area contributed by atoms with Crippen LogP contribution in [0.4, 0.5) is 5.69 Å². The molecule has 0 aliphatic carbocycles. The Hall–Kier alpha value is -1.39. The number of guanidine groups is 1. The highest BCUT2D eigenvalue weighted by Crippen LogP contribution is 2.21. The maximum atomic E-state index is 11.8. The van der Waals surface area contributed by atoms with Gasteiger partial charge in [-0.05, 0) is 37.1 Å². The molecule has 2 heterocycles. The van der Waals surface area contributed by atoms with E-state index in [1.165, 1.54) is 0 Å². The minimum absolute atomic E-state index is 0. The van der Waals surface area contributed by atoms with Crippen molar-refractivity contribution in [2.24, 2.45) is 10.7 Å². The van der Waals surface area contributed by atoms with Crippen LogP contribution in [0, 0.1) is 0 Å². The highest BCUT2D eigenvalue weighted by Gasteiger charge is 2.21. The first-order chi connectivity index (χ1) is 12.7. The number of anilines is 1. The summed E-state index contributed by atoms with van der Waals surface area (Å²) in [5.74, 6) is 0.687. The number of nitrogens with zero attached hydrogens (tertiary/aromatic N) is 3. The van der Waals surface area contributed by atoms with Crippen LogP contribution in [0.1, 0.15) is 24.8 Å². The van der Waals surface area contributed by atoms with Gasteiger partial charge in [0.05, 0.1) is 19.8 Å². The number of hydrogen-bond acceptors (Lipinski definition) is 4. The minimum atomic E-state index is 0. The third-order valence-corrected chi connectivity index (χ3v) is 4.81. The van der Waals surface area contributed by atoms with Gasteiger partial charge in [0.15, 0.2) is 5.96 Å². The van der Waals surface area contributed by atoms with Crippen LogP contribution in [-0.4, -0.2) is 62.7 Å². The SMILES string of the molecule is I.NC(=NCc1ccc(N2CCCC2=O)cc1)NCCCN1CCOCC1. The van der Waals surface area contributed by atoms with Crippen LogP contribution in [0.2, 0.25) is 0 Å². The zero-order valence-corrected chi connectivity index (χ0v) is 18.1. The number of amides is 1. The number of nitrogens with one attached hydrogen (secondary N) is 1. The molecule has 0 spiro atoms. The molecule has 150 valence electrons. The number of hydrogen-bond donors (Lipinski definition) is 2. The predicted octanol–water partition coefficient (Wildman–Crippen LogP) is 1.56. The Morgan fingerprint density at radius 1 is 1.19 bits per heavy atom. The monoisotopic (exact) mass is 487 g/mol. The second kappa shape index (κ2) is 11.5. The predicted molar refractivity (Wildman–Crippen MR) is 119 cm³/mol. The normalized spacial score (nSPS) is 18.4. The number of morpholine rings is 1. The summed E-state index contributed by atoms with van der Waals surface area (Å²) in [4.78, 5) is 20.4. The Morgan fingerprint density at radius 3 is 2.59 bits per heavy atom. The highest BCUT2D eigenvalue weighted by atomic mass is 127. The lowest BCUT2D eigenvalue weighted by atomic mass is 10.2. The lowest BCUT2D eigenvalue weighted by molar-refractivity contribution is -0.117. The van der Waals surface area contributed by atoms with E-state index in [0.717, 1.165) is 70.0 Å². The Kier molecular flexibility index (Phi) is 9.29. The first-order valence-corrected chi connectivity index (χ1v) is 9.45. The zero-order chi connectivity index (χ0) is 18.2. The van der Waals surface area contributed by atoms with E-state index >= 15 is 0 Å². The summed E-state index contributed by atoms with van der Waals surface area (Å²) in [6, 6.07) is 7.99. The van der Waals surface area contributed by atoms with Crippen molar-refractivity contribution in [1.29, 1.82) is 0 Å². The Morgan fingerprint density at radius 2 is 1.93 bits per heavy atom. The average molecular weight is 487 g/mol. The van der Waals surface area contributed by atoms with Crippen molar-refractivity contribution < 1.29 is 9.53 Å². The molecule has 2 aliphatic rings. The fraction of sp³-hybridized carbons (Fsp3) is 0.579. The van der Waals surface area contributed by atoms with Gasteiger partial charge >= 0.3 is 0 Å². The molecule has 0 aromatic heterocycles. The van der Waals surface area contributed by atoms with Crippen LogP contribution in [0.3, 0.4) is 0 Å². The van der Waals surface area contributed by atoms with Gasteiger partial charge in [-0.15, -0.1) is 24.0 Å². The largest absolute Gasteiger partial charge is 0.379 e. The number of rotatable bonds is 7. The molecule has 0 saturated carbocycles. The fourth-order valence-corrected chi connectivity index (χ4v) is 3.28. The summed E-state index contributed by atoms with van der Waals surface area (Å²) in [5.41, 5.74) is 7.99. The van der Waals surface area contributed by atoms with Gasteiger partial charge in [0.1, 0.15) is 0 Å². The maximum absolute atomic E-state index is 11.8. The number of halogens is 1. The topological polar surface area (TPSA) is 83.2 Å². The third kappa shape index (κ3) is 6.93. The summed E-state index contributed by atoms with van der Waals surface area (Å²) in [6.45, 7) is 6.94. The third-order valence-electron chi connectivity index (χ3n) is 4.81. The van der Waals surface area contributed by atoms with Gasteiger partial charge < -0.3 is 20.7 Å². The Balaban J connectivity index is 0.00000261. The Labute approximate surface area is 178 Å². The molecule has 2 fully saturated rings. The first kappa shape index (κ1) is 21.9. The number of benzene rings is 1. The summed E-state index contributed by atoms with van der Waals surface area (Å²) < 4.78 is 5.34. The number of nitrogens with two attached hydrogens (primary N) is 1. The maximum Gasteiger partial charge on any atom is 0.227 e. The molecule has 8 heteroatoms. The molecule has 0 unspecified atom stereocenters. The van der Waals surface area contributed by atoms with Gasteiger partial charge in [0.2, 0.25) is 5.91 Å². The Bertz CT molecular complexity index is 617. The van der Waals surface area contributed by atoms with Gasteiger partial charge in [-0.3, -0.25) is 9.69 Å². The van der Waals surface area contributed by atoms with E-state index in [2.05, 4.69) is 15.2 Å². The lowest BCUT2D eigenvalue weighted by Crippen LogP contribution is -2.39. The van der Waals surface area contributed by atoms with Crippen LogP contribution in [0.25, 0.3) is 0 Å². The summed E-state index contributed by atoms with van der Waals surface area (Å²) in [5, 5.41) is 3.17. The van der Waals surface area contributed by atoms with Crippen molar-refractivity contribution in [3.05, 3.63) is 29.8 Å². The molecular weight excluding hydrogens is 457 g/mol. The van der Waals surface area contributed by atoms with Crippen molar-refractivity contribution in [2.75, 3.05) is 50.8 Å². The standard InChI is InChI=1S/C19H29N5O2.HI/c20-19(21-8-2-9-23-11-13-26-14-12-23)22-15-16-4-6-17(7-5-16)24-10-1-3-18(24)25;/h4-7H,1-3,8-15H2,(H3,20,21,22);1H. The summed E-state index contributed by atoms with van der Waals surface area (Å²) in [6.07, 6.45) is 2.63. The van der Waals surface area contributed by atoms with Gasteiger partial charge in [-0.2, -0.15) is 0 Å². The van der Waals surface area contributed by atoms with Crippen molar-refractivity contribution in [2.45, 2.75) is 25.8 Å². The van der Waals surface area contributed by atoms with E-state index in [4.69, 9.17) is 10.5 Å². The minimum Gasteiger partial charge on any atom is -0.379 e. The van der Waals surface area contributed by atoms with Crippen LogP contribution in [0.15, 0.2) is 29.3 Å². The molecule has 1 aromatic carbocycles. The summed E-state index contributed by atoms with van der Waals surface area (Å²) >= 11 is 0. The quantitative estimate of drug-likeness (QED) is 0.264. The number of ether oxygens (including phenoxy) is 1. The van der Waals surface area contributed by atoms with Gasteiger partial charge in [0.25, 0.3) is 0 Å². The van der Waals surface area contributed by atoms with Crippen molar-refractivity contribution in [3.8, 4) is 0 Å². The van der Waals surface area contributed by atoms with Crippen molar-refractivity contribution >= 4 is 41.5 Å². The van der Waals surface area contributed by atoms with Crippen molar-refractivity contribution in [3.63, 3.8) is 0 Å². The fourth-order valence-electron chi connectivity index (χ4n) is 3.28. The molecule has 0 atom stereocenters. The number of aliphatic imine (C=N–C) groups is 1. The van der Waals surface area contributed by atoms with E-state index < -0.39 is 0 Å². The molecule has 27 heavy (non-hydrogen) atoms. The van der Waals surface area contributed by atoms with E-state index in [1.807, 2.05) is 29.2 Å². The number of carbonyl (C=O) groups excluding carboxylic acids is 1. The van der Waals surface area contributed by atoms with E-state index in [1.54, 1.807) is 0 Å². The molecule has 1 amide bonds. The van der Waals surface area contributed by atoms with Gasteiger partial charge in [-0.1, -0.05) is 12.1 Å². The first-order valence-electron chi connectivity index (χ1n) is 9.45. The van der Waals surface area contributed by atoms with E-state index in [0.29, 0.717) is 18.9 Å². The molecule has 2 aliphatic heterocycles. The van der Waals surface area contributed by atoms with Gasteiger partial charge in [-0.25, -0.2) is 4.99 Å². The molecule has 1 aromatic rings. The molecule has 3 rings (SSSR count). The zero-order valence-electron chi connectivity index (χ0n) is 15.7. The van der Waals surface area contributed by atoms with Gasteiger partial charge in [0, 0.05) is 38.3 Å². The second-order valence-electron chi connectivity index (χ2n) is 6.75. The molecule has 0 radical (unpaired) electrons. The van der Waals surface area contributed by atoms with Crippen LogP contribution in [-0.2, 0) is 16.1 Å². The second-order valence-corrected chi connectivity index (χ2v) is 6.75. The number of carbonyl (C=O) groups is 1. The molecular formula is C19H30IN5O2. The highest BCUT2D eigenvalue weighted by molar-refractivity contribution is 14.0. The molecule has 2 saturated heterocycles. The molecule has 7 nitrogen and oxygen atoms in total. The van der Waals surface area contributed by atoms with Crippen LogP contribution < -0.4 is 16.0 Å². The lowest BCUT2D eigenvalue weighted by Gasteiger charge is -2.26. The molecule has 3 N–H and O–H groups in total.